The van der Waals surface area contributed by atoms with Gasteiger partial charge in [0, 0.05) is 11.5 Å². The minimum atomic E-state index is -0.183. The van der Waals surface area contributed by atoms with Gasteiger partial charge in [-0.25, -0.2) is 0 Å². The van der Waals surface area contributed by atoms with Gasteiger partial charge in [0.05, 0.1) is 20.5 Å². The van der Waals surface area contributed by atoms with Crippen LogP contribution in [0.2, 0.25) is 0 Å². The highest BCUT2D eigenvalue weighted by Crippen LogP contribution is 2.56. The normalized spacial score (nSPS) is 19.5. The topological polar surface area (TPSA) is 55.4 Å². The van der Waals surface area contributed by atoms with Crippen molar-refractivity contribution in [1.82, 2.24) is 0 Å². The van der Waals surface area contributed by atoms with Gasteiger partial charge in [-0.15, -0.1) is 0 Å². The molecule has 0 aromatic heterocycles. The third kappa shape index (κ3) is 2.41. The number of hydrogen-bond donors (Lipinski definition) is 0. The van der Waals surface area contributed by atoms with Crippen LogP contribution in [0.5, 0.6) is 34.5 Å². The third-order valence-corrected chi connectivity index (χ3v) is 4.72. The SMILES string of the molecule is C=COc1c(OC)cc2c(c1OC)O[C@H](c1ccc3c(c1)OCO3)[C@H]2C. The van der Waals surface area contributed by atoms with Gasteiger partial charge in [-0.2, -0.15) is 0 Å². The van der Waals surface area contributed by atoms with Gasteiger partial charge in [0.2, 0.25) is 18.3 Å². The van der Waals surface area contributed by atoms with Crippen molar-refractivity contribution >= 4 is 0 Å². The molecule has 0 saturated heterocycles. The fourth-order valence-electron chi connectivity index (χ4n) is 3.45. The lowest BCUT2D eigenvalue weighted by molar-refractivity contribution is 0.173. The van der Waals surface area contributed by atoms with Crippen molar-refractivity contribution in [3.63, 3.8) is 0 Å². The molecule has 2 aliphatic heterocycles. The van der Waals surface area contributed by atoms with Crippen molar-refractivity contribution in [2.45, 2.75) is 18.9 Å². The van der Waals surface area contributed by atoms with Gasteiger partial charge in [0.1, 0.15) is 6.10 Å². The van der Waals surface area contributed by atoms with E-state index in [1.165, 1.54) is 6.26 Å². The molecule has 2 aromatic rings. The van der Waals surface area contributed by atoms with Crippen LogP contribution in [-0.2, 0) is 0 Å². The molecular formula is C20H20O6. The molecule has 0 N–H and O–H groups in total. The van der Waals surface area contributed by atoms with Crippen LogP contribution in [-0.4, -0.2) is 21.0 Å². The van der Waals surface area contributed by atoms with Gasteiger partial charge in [-0.1, -0.05) is 19.6 Å². The van der Waals surface area contributed by atoms with Crippen LogP contribution < -0.4 is 28.4 Å². The average Bonchev–Trinajstić information content (AvgIpc) is 3.25. The summed E-state index contributed by atoms with van der Waals surface area (Å²) in [6.07, 6.45) is 1.15. The summed E-state index contributed by atoms with van der Waals surface area (Å²) < 4.78 is 33.7. The first-order valence-corrected chi connectivity index (χ1v) is 8.30. The highest BCUT2D eigenvalue weighted by Gasteiger charge is 2.38. The van der Waals surface area contributed by atoms with E-state index in [0.717, 1.165) is 22.6 Å². The Hall–Kier alpha value is -3.02. The molecule has 2 aliphatic rings. The van der Waals surface area contributed by atoms with Crippen molar-refractivity contribution in [1.29, 1.82) is 0 Å². The van der Waals surface area contributed by atoms with Crippen LogP contribution in [0.1, 0.15) is 30.1 Å². The van der Waals surface area contributed by atoms with Crippen molar-refractivity contribution in [2.75, 3.05) is 21.0 Å². The summed E-state index contributed by atoms with van der Waals surface area (Å²) in [5.41, 5.74) is 2.00. The Kier molecular flexibility index (Phi) is 4.03. The molecule has 2 atom stereocenters. The van der Waals surface area contributed by atoms with E-state index in [-0.39, 0.29) is 18.8 Å². The summed E-state index contributed by atoms with van der Waals surface area (Å²) >= 11 is 0. The lowest BCUT2D eigenvalue weighted by atomic mass is 9.92. The second-order valence-corrected chi connectivity index (χ2v) is 6.08. The molecule has 0 saturated carbocycles. The van der Waals surface area contributed by atoms with Gasteiger partial charge >= 0.3 is 0 Å². The van der Waals surface area contributed by atoms with Gasteiger partial charge in [-0.05, 0) is 23.8 Å². The standard InChI is InChI=1S/C20H20O6/c1-5-23-19-16(21-3)9-13-11(2)17(26-18(13)20(19)22-4)12-6-7-14-15(8-12)25-10-24-14/h5-9,11,17H,1,10H2,2-4H3/t11-,17-/m0/s1. The highest BCUT2D eigenvalue weighted by molar-refractivity contribution is 5.66. The largest absolute Gasteiger partial charge is 0.493 e. The van der Waals surface area contributed by atoms with Gasteiger partial charge in [-0.3, -0.25) is 0 Å². The van der Waals surface area contributed by atoms with Gasteiger partial charge < -0.3 is 28.4 Å². The zero-order chi connectivity index (χ0) is 18.3. The Bertz CT molecular complexity index is 860. The van der Waals surface area contributed by atoms with Crippen LogP contribution in [0.25, 0.3) is 0 Å². The molecule has 0 fully saturated rings. The molecule has 0 unspecified atom stereocenters. The zero-order valence-electron chi connectivity index (χ0n) is 14.9. The Labute approximate surface area is 151 Å². The summed E-state index contributed by atoms with van der Waals surface area (Å²) in [4.78, 5) is 0. The molecule has 6 heteroatoms. The predicted molar refractivity (Wildman–Crippen MR) is 94.7 cm³/mol. The Morgan fingerprint density at radius 1 is 1.08 bits per heavy atom. The first-order valence-electron chi connectivity index (χ1n) is 8.30. The molecule has 2 aromatic carbocycles. The summed E-state index contributed by atoms with van der Waals surface area (Å²) in [6.45, 7) is 5.96. The Morgan fingerprint density at radius 3 is 2.62 bits per heavy atom. The fraction of sp³-hybridized carbons (Fsp3) is 0.300. The molecule has 26 heavy (non-hydrogen) atoms. The second kappa shape index (κ2) is 6.37. The summed E-state index contributed by atoms with van der Waals surface area (Å²) in [6, 6.07) is 7.78. The zero-order valence-corrected chi connectivity index (χ0v) is 14.9. The summed E-state index contributed by atoms with van der Waals surface area (Å²) in [7, 11) is 3.17. The maximum Gasteiger partial charge on any atom is 0.231 e. The highest BCUT2D eigenvalue weighted by atomic mass is 16.7. The van der Waals surface area contributed by atoms with E-state index in [9.17, 15) is 0 Å². The summed E-state index contributed by atoms with van der Waals surface area (Å²) in [5.74, 6) is 3.73. The number of rotatable bonds is 5. The van der Waals surface area contributed by atoms with Crippen molar-refractivity contribution in [2.24, 2.45) is 0 Å². The van der Waals surface area contributed by atoms with Crippen molar-refractivity contribution in [3.8, 4) is 34.5 Å². The maximum atomic E-state index is 6.28. The first kappa shape index (κ1) is 16.4. The number of benzene rings is 2. The van der Waals surface area contributed by atoms with Crippen LogP contribution in [0.15, 0.2) is 37.1 Å². The van der Waals surface area contributed by atoms with E-state index in [1.807, 2.05) is 24.3 Å². The van der Waals surface area contributed by atoms with Crippen LogP contribution in [0.3, 0.4) is 0 Å². The van der Waals surface area contributed by atoms with Crippen LogP contribution in [0.4, 0.5) is 0 Å². The Morgan fingerprint density at radius 2 is 1.88 bits per heavy atom. The van der Waals surface area contributed by atoms with E-state index >= 15 is 0 Å². The molecule has 0 bridgehead atoms. The van der Waals surface area contributed by atoms with E-state index in [2.05, 4.69) is 13.5 Å². The molecule has 136 valence electrons. The molecule has 0 aliphatic carbocycles. The van der Waals surface area contributed by atoms with Crippen molar-refractivity contribution < 1.29 is 28.4 Å². The number of hydrogen-bond acceptors (Lipinski definition) is 6. The molecule has 0 spiro atoms. The van der Waals surface area contributed by atoms with E-state index in [0.29, 0.717) is 23.0 Å². The maximum absolute atomic E-state index is 6.28. The molecule has 4 rings (SSSR count). The fourth-order valence-corrected chi connectivity index (χ4v) is 3.45. The molecule has 2 heterocycles. The lowest BCUT2D eigenvalue weighted by Crippen LogP contribution is -2.07. The van der Waals surface area contributed by atoms with Crippen molar-refractivity contribution in [3.05, 3.63) is 48.2 Å². The quantitative estimate of drug-likeness (QED) is 0.749. The monoisotopic (exact) mass is 356 g/mol. The number of methoxy groups -OCH3 is 2. The van der Waals surface area contributed by atoms with Crippen LogP contribution >= 0.6 is 0 Å². The van der Waals surface area contributed by atoms with Gasteiger partial charge in [0.15, 0.2) is 23.0 Å². The second-order valence-electron chi connectivity index (χ2n) is 6.08. The lowest BCUT2D eigenvalue weighted by Gasteiger charge is -2.16. The molecular weight excluding hydrogens is 336 g/mol. The van der Waals surface area contributed by atoms with E-state index < -0.39 is 0 Å². The minimum Gasteiger partial charge on any atom is -0.493 e. The predicted octanol–water partition coefficient (Wildman–Crippen LogP) is 4.19. The number of ether oxygens (including phenoxy) is 6. The van der Waals surface area contributed by atoms with Gasteiger partial charge in [0.25, 0.3) is 0 Å². The molecule has 0 amide bonds. The molecule has 0 radical (unpaired) electrons. The number of fused-ring (bicyclic) bond motifs is 2. The summed E-state index contributed by atoms with van der Waals surface area (Å²) in [5, 5.41) is 0. The van der Waals surface area contributed by atoms with E-state index in [1.54, 1.807) is 14.2 Å². The first-order chi connectivity index (χ1) is 12.7. The smallest absolute Gasteiger partial charge is 0.231 e. The van der Waals surface area contributed by atoms with E-state index in [4.69, 9.17) is 28.4 Å². The minimum absolute atomic E-state index is 0.0888. The van der Waals surface area contributed by atoms with Crippen LogP contribution in [0, 0.1) is 0 Å². The Balaban J connectivity index is 1.77. The molecule has 6 nitrogen and oxygen atoms in total. The third-order valence-electron chi connectivity index (χ3n) is 4.72. The average molecular weight is 356 g/mol.